The second-order valence-electron chi connectivity index (χ2n) is 5.56. The largest absolute Gasteiger partial charge is 0.325 e. The van der Waals surface area contributed by atoms with E-state index in [1.54, 1.807) is 12.1 Å². The van der Waals surface area contributed by atoms with Crippen LogP contribution in [-0.2, 0) is 4.79 Å². The molecule has 1 aromatic heterocycles. The van der Waals surface area contributed by atoms with Gasteiger partial charge < -0.3 is 5.32 Å². The Morgan fingerprint density at radius 1 is 1.00 bits per heavy atom. The zero-order valence-electron chi connectivity index (χ0n) is 13.5. The SMILES string of the molecule is O=C(CN[C@@H](c1ccc(F)cc1)c1cccs1)Nc1ccc(F)c(F)c1. The first kappa shape index (κ1) is 18.2. The molecule has 2 N–H and O–H groups in total. The first-order valence-corrected chi connectivity index (χ1v) is 8.68. The van der Waals surface area contributed by atoms with E-state index in [1.165, 1.54) is 29.5 Å². The van der Waals surface area contributed by atoms with Gasteiger partial charge in [0.1, 0.15) is 5.82 Å². The number of hydrogen-bond donors (Lipinski definition) is 2. The summed E-state index contributed by atoms with van der Waals surface area (Å²) in [4.78, 5) is 13.1. The maximum absolute atomic E-state index is 13.2. The number of hydrogen-bond acceptors (Lipinski definition) is 3. The monoisotopic (exact) mass is 376 g/mol. The molecule has 3 aromatic rings. The van der Waals surface area contributed by atoms with Crippen molar-refractivity contribution in [3.63, 3.8) is 0 Å². The third-order valence-corrected chi connectivity index (χ3v) is 4.64. The molecule has 0 aliphatic rings. The molecule has 3 rings (SSSR count). The maximum Gasteiger partial charge on any atom is 0.238 e. The number of benzene rings is 2. The van der Waals surface area contributed by atoms with Gasteiger partial charge in [-0.05, 0) is 41.3 Å². The maximum atomic E-state index is 13.2. The summed E-state index contributed by atoms with van der Waals surface area (Å²) in [5.74, 6) is -2.75. The molecule has 2 aromatic carbocycles. The van der Waals surface area contributed by atoms with Crippen LogP contribution in [0, 0.1) is 17.5 Å². The first-order valence-electron chi connectivity index (χ1n) is 7.80. The van der Waals surface area contributed by atoms with E-state index in [1.807, 2.05) is 17.5 Å². The van der Waals surface area contributed by atoms with Gasteiger partial charge >= 0.3 is 0 Å². The van der Waals surface area contributed by atoms with Crippen LogP contribution in [0.25, 0.3) is 0 Å². The van der Waals surface area contributed by atoms with Gasteiger partial charge in [-0.2, -0.15) is 0 Å². The predicted octanol–water partition coefficient (Wildman–Crippen LogP) is 4.48. The molecule has 0 radical (unpaired) electrons. The summed E-state index contributed by atoms with van der Waals surface area (Å²) in [7, 11) is 0. The Bertz CT molecular complexity index is 882. The van der Waals surface area contributed by atoms with Crippen LogP contribution >= 0.6 is 11.3 Å². The number of carbonyl (C=O) groups is 1. The number of anilines is 1. The Morgan fingerprint density at radius 2 is 1.77 bits per heavy atom. The summed E-state index contributed by atoms with van der Waals surface area (Å²) in [5, 5.41) is 7.53. The summed E-state index contributed by atoms with van der Waals surface area (Å²) >= 11 is 1.51. The molecule has 1 amide bonds. The van der Waals surface area contributed by atoms with E-state index in [9.17, 15) is 18.0 Å². The van der Waals surface area contributed by atoms with Crippen molar-refractivity contribution >= 4 is 22.9 Å². The van der Waals surface area contributed by atoms with Gasteiger partial charge in [0, 0.05) is 16.6 Å². The third-order valence-electron chi connectivity index (χ3n) is 3.70. The van der Waals surface area contributed by atoms with Gasteiger partial charge in [0.2, 0.25) is 5.91 Å². The van der Waals surface area contributed by atoms with E-state index in [2.05, 4.69) is 10.6 Å². The van der Waals surface area contributed by atoms with Crippen LogP contribution in [0.5, 0.6) is 0 Å². The zero-order valence-corrected chi connectivity index (χ0v) is 14.3. The molecule has 3 nitrogen and oxygen atoms in total. The minimum Gasteiger partial charge on any atom is -0.325 e. The second kappa shape index (κ2) is 8.16. The summed E-state index contributed by atoms with van der Waals surface area (Å²) in [6.07, 6.45) is 0. The van der Waals surface area contributed by atoms with Crippen LogP contribution in [0.2, 0.25) is 0 Å². The van der Waals surface area contributed by atoms with E-state index in [4.69, 9.17) is 0 Å². The van der Waals surface area contributed by atoms with Crippen molar-refractivity contribution < 1.29 is 18.0 Å². The fourth-order valence-corrected chi connectivity index (χ4v) is 3.29. The number of carbonyl (C=O) groups excluding carboxylic acids is 1. The quantitative estimate of drug-likeness (QED) is 0.666. The molecule has 7 heteroatoms. The Labute approximate surface area is 152 Å². The van der Waals surface area contributed by atoms with Crippen molar-refractivity contribution in [1.29, 1.82) is 0 Å². The van der Waals surface area contributed by atoms with Crippen LogP contribution in [0.3, 0.4) is 0 Å². The molecule has 1 atom stereocenters. The van der Waals surface area contributed by atoms with Gasteiger partial charge in [-0.3, -0.25) is 10.1 Å². The fourth-order valence-electron chi connectivity index (χ4n) is 2.47. The van der Waals surface area contributed by atoms with Crippen molar-refractivity contribution in [3.05, 3.63) is 87.9 Å². The van der Waals surface area contributed by atoms with Crippen LogP contribution in [-0.4, -0.2) is 12.5 Å². The van der Waals surface area contributed by atoms with Crippen LogP contribution in [0.4, 0.5) is 18.9 Å². The van der Waals surface area contributed by atoms with E-state index in [-0.39, 0.29) is 24.1 Å². The first-order chi connectivity index (χ1) is 12.5. The molecule has 0 spiro atoms. The molecular formula is C19H15F3N2OS. The van der Waals surface area contributed by atoms with E-state index < -0.39 is 17.5 Å². The van der Waals surface area contributed by atoms with Crippen LogP contribution in [0.15, 0.2) is 60.0 Å². The van der Waals surface area contributed by atoms with Gasteiger partial charge in [-0.25, -0.2) is 13.2 Å². The molecule has 134 valence electrons. The second-order valence-corrected chi connectivity index (χ2v) is 6.54. The summed E-state index contributed by atoms with van der Waals surface area (Å²) in [6, 6.07) is 12.7. The highest BCUT2D eigenvalue weighted by Gasteiger charge is 2.16. The average Bonchev–Trinajstić information content (AvgIpc) is 3.14. The molecule has 0 unspecified atom stereocenters. The van der Waals surface area contributed by atoms with Crippen LogP contribution < -0.4 is 10.6 Å². The summed E-state index contributed by atoms with van der Waals surface area (Å²) < 4.78 is 39.3. The number of thiophene rings is 1. The topological polar surface area (TPSA) is 41.1 Å². The highest BCUT2D eigenvalue weighted by atomic mass is 32.1. The summed E-state index contributed by atoms with van der Waals surface area (Å²) in [6.45, 7) is -0.0566. The van der Waals surface area contributed by atoms with Gasteiger partial charge in [0.25, 0.3) is 0 Å². The molecule has 0 aliphatic heterocycles. The van der Waals surface area contributed by atoms with Crippen molar-refractivity contribution in [1.82, 2.24) is 5.32 Å². The lowest BCUT2D eigenvalue weighted by molar-refractivity contribution is -0.115. The minimum absolute atomic E-state index is 0.0566. The zero-order chi connectivity index (χ0) is 18.5. The lowest BCUT2D eigenvalue weighted by Crippen LogP contribution is -2.31. The predicted molar refractivity (Wildman–Crippen MR) is 95.6 cm³/mol. The smallest absolute Gasteiger partial charge is 0.238 e. The van der Waals surface area contributed by atoms with Crippen molar-refractivity contribution in [2.24, 2.45) is 0 Å². The minimum atomic E-state index is -1.03. The molecule has 0 saturated heterocycles. The number of amides is 1. The Balaban J connectivity index is 1.68. The molecule has 1 heterocycles. The molecule has 26 heavy (non-hydrogen) atoms. The highest BCUT2D eigenvalue weighted by molar-refractivity contribution is 7.10. The Hall–Kier alpha value is -2.64. The number of halogens is 3. The molecule has 0 saturated carbocycles. The van der Waals surface area contributed by atoms with Gasteiger partial charge in [-0.15, -0.1) is 11.3 Å². The highest BCUT2D eigenvalue weighted by Crippen LogP contribution is 2.26. The Kier molecular flexibility index (Phi) is 5.70. The van der Waals surface area contributed by atoms with E-state index in [0.29, 0.717) is 0 Å². The lowest BCUT2D eigenvalue weighted by atomic mass is 10.1. The lowest BCUT2D eigenvalue weighted by Gasteiger charge is -2.18. The Morgan fingerprint density at radius 3 is 2.42 bits per heavy atom. The molecule has 0 bridgehead atoms. The van der Waals surface area contributed by atoms with Crippen molar-refractivity contribution in [2.75, 3.05) is 11.9 Å². The van der Waals surface area contributed by atoms with Gasteiger partial charge in [0.15, 0.2) is 11.6 Å². The molecule has 0 aliphatic carbocycles. The van der Waals surface area contributed by atoms with Gasteiger partial charge in [-0.1, -0.05) is 18.2 Å². The summed E-state index contributed by atoms with van der Waals surface area (Å²) in [5.41, 5.74) is 0.986. The molecular weight excluding hydrogens is 361 g/mol. The van der Waals surface area contributed by atoms with Gasteiger partial charge in [0.05, 0.1) is 12.6 Å². The van der Waals surface area contributed by atoms with E-state index >= 15 is 0 Å². The van der Waals surface area contributed by atoms with Crippen molar-refractivity contribution in [3.8, 4) is 0 Å². The number of nitrogens with one attached hydrogen (secondary N) is 2. The third kappa shape index (κ3) is 4.50. The fraction of sp³-hybridized carbons (Fsp3) is 0.105. The molecule has 0 fully saturated rings. The van der Waals surface area contributed by atoms with E-state index in [0.717, 1.165) is 22.6 Å². The number of rotatable bonds is 6. The van der Waals surface area contributed by atoms with Crippen molar-refractivity contribution in [2.45, 2.75) is 6.04 Å². The standard InChI is InChI=1S/C19H15F3N2OS/c20-13-5-3-12(4-6-13)19(17-2-1-9-26-17)23-11-18(25)24-14-7-8-15(21)16(22)10-14/h1-10,19,23H,11H2,(H,24,25)/t19-/m0/s1. The van der Waals surface area contributed by atoms with Crippen LogP contribution in [0.1, 0.15) is 16.5 Å². The average molecular weight is 376 g/mol. The normalized spacial score (nSPS) is 12.0.